The van der Waals surface area contributed by atoms with Crippen LogP contribution in [0.1, 0.15) is 26.7 Å². The fraction of sp³-hybridized carbons (Fsp3) is 0.700. The van der Waals surface area contributed by atoms with E-state index in [1.54, 1.807) is 0 Å². The lowest BCUT2D eigenvalue weighted by Gasteiger charge is -2.23. The van der Waals surface area contributed by atoms with E-state index >= 15 is 0 Å². The van der Waals surface area contributed by atoms with Crippen LogP contribution in [0.3, 0.4) is 0 Å². The molecule has 84 valence electrons. The fourth-order valence-electron chi connectivity index (χ4n) is 1.61. The van der Waals surface area contributed by atoms with Crippen LogP contribution in [0.15, 0.2) is 0 Å². The summed E-state index contributed by atoms with van der Waals surface area (Å²) in [5.74, 6) is -2.31. The van der Waals surface area contributed by atoms with Crippen molar-refractivity contribution in [2.75, 3.05) is 7.11 Å². The third-order valence-corrected chi connectivity index (χ3v) is 2.61. The van der Waals surface area contributed by atoms with Crippen LogP contribution in [0.4, 0.5) is 0 Å². The number of ketones is 1. The number of hydrogen-bond acceptors (Lipinski definition) is 5. The van der Waals surface area contributed by atoms with Crippen molar-refractivity contribution in [1.82, 2.24) is 0 Å². The Morgan fingerprint density at radius 3 is 2.53 bits per heavy atom. The first-order chi connectivity index (χ1) is 6.90. The summed E-state index contributed by atoms with van der Waals surface area (Å²) in [5.41, 5.74) is -1.16. The molecule has 1 fully saturated rings. The molecule has 5 heteroatoms. The van der Waals surface area contributed by atoms with Crippen LogP contribution >= 0.6 is 0 Å². The first-order valence-electron chi connectivity index (χ1n) is 4.74. The van der Waals surface area contributed by atoms with Gasteiger partial charge in [-0.05, 0) is 13.8 Å². The smallest absolute Gasteiger partial charge is 0.316 e. The van der Waals surface area contributed by atoms with Gasteiger partial charge in [-0.25, -0.2) is 0 Å². The van der Waals surface area contributed by atoms with Crippen LogP contribution in [-0.2, 0) is 23.9 Å². The summed E-state index contributed by atoms with van der Waals surface area (Å²) in [7, 11) is 1.22. The molecule has 1 heterocycles. The molecule has 0 bridgehead atoms. The first-order valence-corrected chi connectivity index (χ1v) is 4.74. The molecule has 1 rings (SSSR count). The third-order valence-electron chi connectivity index (χ3n) is 2.61. The number of esters is 2. The molecule has 0 saturated carbocycles. The highest BCUT2D eigenvalue weighted by atomic mass is 16.6. The monoisotopic (exact) mass is 214 g/mol. The molecule has 1 unspecified atom stereocenters. The van der Waals surface area contributed by atoms with Gasteiger partial charge in [0.15, 0.2) is 11.4 Å². The van der Waals surface area contributed by atoms with Crippen LogP contribution in [-0.4, -0.2) is 30.4 Å². The summed E-state index contributed by atoms with van der Waals surface area (Å²) in [6.45, 7) is 2.98. The predicted octanol–water partition coefficient (Wildman–Crippen LogP) is 0.460. The van der Waals surface area contributed by atoms with Crippen molar-refractivity contribution in [2.45, 2.75) is 32.3 Å². The Labute approximate surface area is 87.7 Å². The molecule has 0 N–H and O–H groups in total. The van der Waals surface area contributed by atoms with Crippen LogP contribution in [0.2, 0.25) is 0 Å². The largest absolute Gasteiger partial charge is 0.468 e. The molecule has 1 saturated heterocycles. The van der Waals surface area contributed by atoms with E-state index in [4.69, 9.17) is 4.74 Å². The molecule has 0 aliphatic carbocycles. The number of ether oxygens (including phenoxy) is 2. The number of hydrogen-bond donors (Lipinski definition) is 0. The van der Waals surface area contributed by atoms with Crippen molar-refractivity contribution in [1.29, 1.82) is 0 Å². The summed E-state index contributed by atoms with van der Waals surface area (Å²) in [5, 5.41) is 0. The fourth-order valence-corrected chi connectivity index (χ4v) is 1.61. The Balaban J connectivity index is 2.76. The molecule has 5 nitrogen and oxygen atoms in total. The Morgan fingerprint density at radius 1 is 1.53 bits per heavy atom. The van der Waals surface area contributed by atoms with Gasteiger partial charge in [-0.3, -0.25) is 14.4 Å². The minimum Gasteiger partial charge on any atom is -0.468 e. The summed E-state index contributed by atoms with van der Waals surface area (Å²) in [4.78, 5) is 33.9. The van der Waals surface area contributed by atoms with Crippen LogP contribution in [0.25, 0.3) is 0 Å². The van der Waals surface area contributed by atoms with Gasteiger partial charge in [-0.2, -0.15) is 0 Å². The summed E-state index contributed by atoms with van der Waals surface area (Å²) in [6, 6.07) is 0. The lowest BCUT2D eigenvalue weighted by atomic mass is 9.89. The van der Waals surface area contributed by atoms with Crippen molar-refractivity contribution in [3.8, 4) is 0 Å². The summed E-state index contributed by atoms with van der Waals surface area (Å²) >= 11 is 0. The number of carbonyl (C=O) groups excluding carboxylic acids is 3. The third kappa shape index (κ3) is 2.16. The van der Waals surface area contributed by atoms with E-state index in [2.05, 4.69) is 4.74 Å². The average molecular weight is 214 g/mol. The van der Waals surface area contributed by atoms with Gasteiger partial charge in [0, 0.05) is 12.8 Å². The van der Waals surface area contributed by atoms with E-state index < -0.39 is 29.2 Å². The molecular weight excluding hydrogens is 200 g/mol. The van der Waals surface area contributed by atoms with Gasteiger partial charge in [0.1, 0.15) is 5.92 Å². The van der Waals surface area contributed by atoms with E-state index in [-0.39, 0.29) is 6.42 Å². The quantitative estimate of drug-likeness (QED) is 0.504. The SMILES string of the molecule is COC(=O)C(C)C(=O)[C@]1(C)CCC(=O)O1. The molecule has 0 spiro atoms. The molecule has 1 aliphatic rings. The molecule has 0 aromatic rings. The van der Waals surface area contributed by atoms with E-state index in [9.17, 15) is 14.4 Å². The average Bonchev–Trinajstić information content (AvgIpc) is 2.56. The minimum absolute atomic E-state index is 0.218. The highest BCUT2D eigenvalue weighted by Gasteiger charge is 2.46. The number of cyclic esters (lactones) is 1. The van der Waals surface area contributed by atoms with Gasteiger partial charge in [-0.15, -0.1) is 0 Å². The second-order valence-electron chi connectivity index (χ2n) is 3.81. The van der Waals surface area contributed by atoms with Gasteiger partial charge in [-0.1, -0.05) is 0 Å². The van der Waals surface area contributed by atoms with E-state index in [1.807, 2.05) is 0 Å². The molecule has 0 aromatic carbocycles. The number of methoxy groups -OCH3 is 1. The maximum Gasteiger partial charge on any atom is 0.316 e. The molecule has 15 heavy (non-hydrogen) atoms. The van der Waals surface area contributed by atoms with Gasteiger partial charge in [0.25, 0.3) is 0 Å². The van der Waals surface area contributed by atoms with Gasteiger partial charge < -0.3 is 9.47 Å². The van der Waals surface area contributed by atoms with Crippen LogP contribution in [0, 0.1) is 5.92 Å². The maximum absolute atomic E-state index is 11.8. The van der Waals surface area contributed by atoms with E-state index in [1.165, 1.54) is 21.0 Å². The highest BCUT2D eigenvalue weighted by Crippen LogP contribution is 2.29. The lowest BCUT2D eigenvalue weighted by molar-refractivity contribution is -0.162. The van der Waals surface area contributed by atoms with Crippen molar-refractivity contribution in [2.24, 2.45) is 5.92 Å². The zero-order chi connectivity index (χ0) is 11.6. The number of Topliss-reactive ketones (excluding diaryl/α,β-unsaturated/α-hetero) is 1. The second kappa shape index (κ2) is 4.00. The number of carbonyl (C=O) groups is 3. The molecule has 0 amide bonds. The van der Waals surface area contributed by atoms with Gasteiger partial charge in [0.05, 0.1) is 7.11 Å². The Bertz CT molecular complexity index is 309. The lowest BCUT2D eigenvalue weighted by Crippen LogP contribution is -2.41. The zero-order valence-corrected chi connectivity index (χ0v) is 9.03. The predicted molar refractivity (Wildman–Crippen MR) is 49.9 cm³/mol. The second-order valence-corrected chi connectivity index (χ2v) is 3.81. The minimum atomic E-state index is -1.16. The van der Waals surface area contributed by atoms with E-state index in [0.717, 1.165) is 0 Å². The number of rotatable bonds is 3. The Morgan fingerprint density at radius 2 is 2.13 bits per heavy atom. The van der Waals surface area contributed by atoms with E-state index in [0.29, 0.717) is 6.42 Å². The molecule has 0 aromatic heterocycles. The summed E-state index contributed by atoms with van der Waals surface area (Å²) < 4.78 is 9.39. The molecule has 0 radical (unpaired) electrons. The van der Waals surface area contributed by atoms with Crippen molar-refractivity contribution in [3.05, 3.63) is 0 Å². The Kier molecular flexibility index (Phi) is 3.12. The standard InChI is InChI=1S/C10H14O5/c1-6(9(13)14-3)8(12)10(2)5-4-7(11)15-10/h6H,4-5H2,1-3H3/t6?,10-/m0/s1. The van der Waals surface area contributed by atoms with Crippen molar-refractivity contribution < 1.29 is 23.9 Å². The van der Waals surface area contributed by atoms with Crippen LogP contribution < -0.4 is 0 Å². The molecular formula is C10H14O5. The topological polar surface area (TPSA) is 69.7 Å². The highest BCUT2D eigenvalue weighted by molar-refractivity contribution is 6.04. The van der Waals surface area contributed by atoms with Crippen molar-refractivity contribution >= 4 is 17.7 Å². The van der Waals surface area contributed by atoms with Gasteiger partial charge >= 0.3 is 11.9 Å². The van der Waals surface area contributed by atoms with Gasteiger partial charge in [0.2, 0.25) is 0 Å². The maximum atomic E-state index is 11.8. The molecule has 2 atom stereocenters. The van der Waals surface area contributed by atoms with Crippen molar-refractivity contribution in [3.63, 3.8) is 0 Å². The first kappa shape index (κ1) is 11.7. The van der Waals surface area contributed by atoms with Crippen LogP contribution in [0.5, 0.6) is 0 Å². The normalized spacial score (nSPS) is 27.0. The molecule has 1 aliphatic heterocycles. The zero-order valence-electron chi connectivity index (χ0n) is 9.03. The summed E-state index contributed by atoms with van der Waals surface area (Å²) in [6.07, 6.45) is 0.544. The Hall–Kier alpha value is -1.39.